The number of nitrogens with zero attached hydrogens (tertiary/aromatic N) is 1. The first kappa shape index (κ1) is 16.7. The summed E-state index contributed by atoms with van der Waals surface area (Å²) in [6, 6.07) is -0.262. The minimum Gasteiger partial charge on any atom is -0.322 e. The number of carbonyl (C=O) groups is 1. The van der Waals surface area contributed by atoms with E-state index in [1.54, 1.807) is 0 Å². The second-order valence-electron chi connectivity index (χ2n) is 6.81. The van der Waals surface area contributed by atoms with Gasteiger partial charge in [-0.2, -0.15) is 0 Å². The van der Waals surface area contributed by atoms with Gasteiger partial charge >= 0.3 is 0 Å². The van der Waals surface area contributed by atoms with Crippen LogP contribution in [0, 0.1) is 5.92 Å². The van der Waals surface area contributed by atoms with Crippen LogP contribution >= 0.6 is 0 Å². The molecule has 0 spiro atoms. The SMILES string of the molecule is CCCCC1NC(CC(C)C)N(C2CCS(=O)(=O)C2)C1=O. The van der Waals surface area contributed by atoms with Gasteiger partial charge in [0.05, 0.1) is 23.7 Å². The van der Waals surface area contributed by atoms with Gasteiger partial charge in [0.25, 0.3) is 0 Å². The standard InChI is InChI=1S/C15H28N2O3S/c1-4-5-6-13-15(18)17(14(16-13)9-11(2)3)12-7-8-21(19,20)10-12/h11-14,16H,4-10H2,1-3H3. The number of unbranched alkanes of at least 4 members (excludes halogenated alkanes) is 1. The Hall–Kier alpha value is -0.620. The molecule has 2 aliphatic heterocycles. The van der Waals surface area contributed by atoms with Crippen molar-refractivity contribution < 1.29 is 13.2 Å². The monoisotopic (exact) mass is 316 g/mol. The third kappa shape index (κ3) is 3.97. The van der Waals surface area contributed by atoms with E-state index in [2.05, 4.69) is 26.1 Å². The Morgan fingerprint density at radius 1 is 1.38 bits per heavy atom. The fraction of sp³-hybridized carbons (Fsp3) is 0.933. The average molecular weight is 316 g/mol. The third-order valence-electron chi connectivity index (χ3n) is 4.42. The zero-order chi connectivity index (χ0) is 15.6. The van der Waals surface area contributed by atoms with E-state index in [0.29, 0.717) is 12.3 Å². The van der Waals surface area contributed by atoms with E-state index >= 15 is 0 Å². The number of hydrogen-bond acceptors (Lipinski definition) is 4. The lowest BCUT2D eigenvalue weighted by Gasteiger charge is -2.30. The average Bonchev–Trinajstić information content (AvgIpc) is 2.87. The van der Waals surface area contributed by atoms with Gasteiger partial charge in [0.2, 0.25) is 5.91 Å². The maximum atomic E-state index is 12.7. The zero-order valence-corrected chi connectivity index (χ0v) is 14.2. The Morgan fingerprint density at radius 3 is 2.62 bits per heavy atom. The quantitative estimate of drug-likeness (QED) is 0.807. The molecule has 1 amide bonds. The van der Waals surface area contributed by atoms with Crippen molar-refractivity contribution in [1.82, 2.24) is 10.2 Å². The fourth-order valence-electron chi connectivity index (χ4n) is 3.39. The molecule has 0 saturated carbocycles. The Bertz CT molecular complexity index is 475. The van der Waals surface area contributed by atoms with Gasteiger partial charge in [0.1, 0.15) is 0 Å². The molecular weight excluding hydrogens is 288 g/mol. The van der Waals surface area contributed by atoms with Gasteiger partial charge in [-0.15, -0.1) is 0 Å². The van der Waals surface area contributed by atoms with Crippen LogP contribution in [0.2, 0.25) is 0 Å². The largest absolute Gasteiger partial charge is 0.322 e. The lowest BCUT2D eigenvalue weighted by Crippen LogP contribution is -2.45. The fourth-order valence-corrected chi connectivity index (χ4v) is 5.10. The number of carbonyl (C=O) groups excluding carboxylic acids is 1. The van der Waals surface area contributed by atoms with E-state index in [0.717, 1.165) is 25.7 Å². The Kier molecular flexibility index (Phi) is 5.30. The third-order valence-corrected chi connectivity index (χ3v) is 6.18. The molecule has 5 nitrogen and oxygen atoms in total. The van der Waals surface area contributed by atoms with Crippen molar-refractivity contribution in [3.8, 4) is 0 Å². The van der Waals surface area contributed by atoms with E-state index < -0.39 is 9.84 Å². The molecule has 122 valence electrons. The van der Waals surface area contributed by atoms with Gasteiger partial charge in [-0.05, 0) is 25.2 Å². The molecule has 3 atom stereocenters. The molecule has 1 N–H and O–H groups in total. The molecular formula is C15H28N2O3S. The number of rotatable bonds is 6. The summed E-state index contributed by atoms with van der Waals surface area (Å²) in [5.41, 5.74) is 0. The number of sulfone groups is 1. The molecule has 2 fully saturated rings. The van der Waals surface area contributed by atoms with Crippen LogP contribution in [-0.4, -0.2) is 49.0 Å². The van der Waals surface area contributed by atoms with Crippen LogP contribution in [0.25, 0.3) is 0 Å². The van der Waals surface area contributed by atoms with Crippen molar-refractivity contribution in [2.75, 3.05) is 11.5 Å². The first-order valence-corrected chi connectivity index (χ1v) is 9.95. The van der Waals surface area contributed by atoms with Crippen molar-refractivity contribution in [2.45, 2.75) is 71.1 Å². The highest BCUT2D eigenvalue weighted by Gasteiger charge is 2.45. The summed E-state index contributed by atoms with van der Waals surface area (Å²) in [7, 11) is -2.96. The van der Waals surface area contributed by atoms with Crippen molar-refractivity contribution in [3.05, 3.63) is 0 Å². The smallest absolute Gasteiger partial charge is 0.241 e. The summed E-state index contributed by atoms with van der Waals surface area (Å²) in [5, 5.41) is 3.44. The van der Waals surface area contributed by atoms with Crippen LogP contribution in [0.4, 0.5) is 0 Å². The second-order valence-corrected chi connectivity index (χ2v) is 9.04. The predicted molar refractivity (Wildman–Crippen MR) is 83.6 cm³/mol. The Balaban J connectivity index is 2.12. The Labute approximate surface area is 128 Å². The summed E-state index contributed by atoms with van der Waals surface area (Å²) in [6.07, 6.45) is 4.40. The topological polar surface area (TPSA) is 66.5 Å². The highest BCUT2D eigenvalue weighted by Crippen LogP contribution is 2.27. The van der Waals surface area contributed by atoms with Crippen LogP contribution in [0.1, 0.15) is 52.9 Å². The number of amides is 1. The molecule has 2 aliphatic rings. The first-order chi connectivity index (χ1) is 9.84. The molecule has 0 aromatic rings. The highest BCUT2D eigenvalue weighted by molar-refractivity contribution is 7.91. The van der Waals surface area contributed by atoms with E-state index in [4.69, 9.17) is 0 Å². The maximum Gasteiger partial charge on any atom is 0.241 e. The van der Waals surface area contributed by atoms with Gasteiger partial charge in [0, 0.05) is 6.04 Å². The molecule has 6 heteroatoms. The summed E-state index contributed by atoms with van der Waals surface area (Å²) in [4.78, 5) is 14.5. The van der Waals surface area contributed by atoms with Crippen molar-refractivity contribution in [1.29, 1.82) is 0 Å². The lowest BCUT2D eigenvalue weighted by atomic mass is 10.1. The molecule has 0 radical (unpaired) electrons. The summed E-state index contributed by atoms with van der Waals surface area (Å²) in [5.74, 6) is 0.933. The summed E-state index contributed by atoms with van der Waals surface area (Å²) >= 11 is 0. The lowest BCUT2D eigenvalue weighted by molar-refractivity contribution is -0.132. The van der Waals surface area contributed by atoms with Gasteiger partial charge < -0.3 is 4.90 Å². The molecule has 2 heterocycles. The Morgan fingerprint density at radius 2 is 2.10 bits per heavy atom. The second kappa shape index (κ2) is 6.65. The van der Waals surface area contributed by atoms with E-state index in [1.165, 1.54) is 0 Å². The van der Waals surface area contributed by atoms with Crippen molar-refractivity contribution in [2.24, 2.45) is 5.92 Å². The van der Waals surface area contributed by atoms with Gasteiger partial charge in [-0.3, -0.25) is 10.1 Å². The first-order valence-electron chi connectivity index (χ1n) is 8.12. The van der Waals surface area contributed by atoms with Gasteiger partial charge in [-0.1, -0.05) is 33.6 Å². The molecule has 0 aromatic carbocycles. The predicted octanol–water partition coefficient (Wildman–Crippen LogP) is 1.54. The summed E-state index contributed by atoms with van der Waals surface area (Å²) < 4.78 is 23.5. The van der Waals surface area contributed by atoms with Crippen molar-refractivity contribution >= 4 is 15.7 Å². The minimum absolute atomic E-state index is 0.00217. The molecule has 0 bridgehead atoms. The van der Waals surface area contributed by atoms with Crippen LogP contribution < -0.4 is 5.32 Å². The van der Waals surface area contributed by atoms with Crippen LogP contribution in [0.5, 0.6) is 0 Å². The molecule has 2 rings (SSSR count). The van der Waals surface area contributed by atoms with Gasteiger partial charge in [0.15, 0.2) is 9.84 Å². The number of nitrogens with one attached hydrogen (secondary N) is 1. The molecule has 3 unspecified atom stereocenters. The van der Waals surface area contributed by atoms with E-state index in [1.807, 2.05) is 4.90 Å². The number of hydrogen-bond donors (Lipinski definition) is 1. The molecule has 0 aromatic heterocycles. The van der Waals surface area contributed by atoms with Crippen molar-refractivity contribution in [3.63, 3.8) is 0 Å². The summed E-state index contributed by atoms with van der Waals surface area (Å²) in [6.45, 7) is 6.39. The maximum absolute atomic E-state index is 12.7. The normalized spacial score (nSPS) is 32.3. The van der Waals surface area contributed by atoms with Gasteiger partial charge in [-0.25, -0.2) is 8.42 Å². The molecule has 21 heavy (non-hydrogen) atoms. The zero-order valence-electron chi connectivity index (χ0n) is 13.3. The van der Waals surface area contributed by atoms with Crippen LogP contribution in [0.15, 0.2) is 0 Å². The molecule has 0 aliphatic carbocycles. The minimum atomic E-state index is -2.96. The van der Waals surface area contributed by atoms with E-state index in [-0.39, 0.29) is 35.7 Å². The van der Waals surface area contributed by atoms with Crippen LogP contribution in [0.3, 0.4) is 0 Å². The highest BCUT2D eigenvalue weighted by atomic mass is 32.2. The van der Waals surface area contributed by atoms with E-state index in [9.17, 15) is 13.2 Å². The molecule has 2 saturated heterocycles. The van der Waals surface area contributed by atoms with Crippen LogP contribution in [-0.2, 0) is 14.6 Å².